The maximum Gasteiger partial charge on any atom is 0.303 e. The van der Waals surface area contributed by atoms with Crippen LogP contribution < -0.4 is 0 Å². The molecule has 0 aromatic heterocycles. The van der Waals surface area contributed by atoms with Crippen molar-refractivity contribution in [3.8, 4) is 11.1 Å². The van der Waals surface area contributed by atoms with E-state index >= 15 is 0 Å². The summed E-state index contributed by atoms with van der Waals surface area (Å²) >= 11 is 0. The van der Waals surface area contributed by atoms with Crippen molar-refractivity contribution in [2.75, 3.05) is 13.1 Å². The molecule has 1 N–H and O–H groups in total. The van der Waals surface area contributed by atoms with E-state index in [4.69, 9.17) is 5.11 Å². The zero-order valence-corrected chi connectivity index (χ0v) is 14.1. The lowest BCUT2D eigenvalue weighted by Crippen LogP contribution is -2.39. The first-order chi connectivity index (χ1) is 12.4. The second kappa shape index (κ2) is 7.64. The van der Waals surface area contributed by atoms with Crippen LogP contribution in [0.3, 0.4) is 0 Å². The molecule has 1 aliphatic rings. The van der Waals surface area contributed by atoms with Crippen LogP contribution in [0.2, 0.25) is 0 Å². The van der Waals surface area contributed by atoms with Crippen LogP contribution >= 0.6 is 0 Å². The number of carbonyl (C=O) groups is 2. The summed E-state index contributed by atoms with van der Waals surface area (Å²) in [7, 11) is 0. The Morgan fingerprint density at radius 2 is 1.62 bits per heavy atom. The normalized spacial score (nSPS) is 15.1. The highest BCUT2D eigenvalue weighted by molar-refractivity contribution is 5.95. The van der Waals surface area contributed by atoms with E-state index in [1.165, 1.54) is 24.3 Å². The molecule has 1 heterocycles. The van der Waals surface area contributed by atoms with Crippen LogP contribution in [0.5, 0.6) is 0 Å². The number of carbonyl (C=O) groups excluding carboxylic acids is 1. The smallest absolute Gasteiger partial charge is 0.303 e. The van der Waals surface area contributed by atoms with Crippen LogP contribution in [0, 0.1) is 17.6 Å². The molecule has 26 heavy (non-hydrogen) atoms. The van der Waals surface area contributed by atoms with E-state index in [0.717, 1.165) is 0 Å². The molecule has 1 aliphatic heterocycles. The van der Waals surface area contributed by atoms with Crippen molar-refractivity contribution in [1.82, 2.24) is 4.90 Å². The molecule has 3 rings (SSSR count). The number of piperidine rings is 1. The Balaban J connectivity index is 1.70. The van der Waals surface area contributed by atoms with E-state index in [9.17, 15) is 18.4 Å². The zero-order valence-electron chi connectivity index (χ0n) is 14.1. The maximum atomic E-state index is 14.5. The summed E-state index contributed by atoms with van der Waals surface area (Å²) in [5.74, 6) is -2.15. The van der Waals surface area contributed by atoms with Crippen molar-refractivity contribution in [2.24, 2.45) is 5.92 Å². The summed E-state index contributed by atoms with van der Waals surface area (Å²) in [6.07, 6.45) is 1.31. The molecule has 0 bridgehead atoms. The number of aliphatic carboxylic acids is 1. The van der Waals surface area contributed by atoms with Crippen LogP contribution in [0.25, 0.3) is 11.1 Å². The third-order valence-electron chi connectivity index (χ3n) is 4.74. The molecule has 1 saturated heterocycles. The highest BCUT2D eigenvalue weighted by Crippen LogP contribution is 2.25. The number of amides is 1. The highest BCUT2D eigenvalue weighted by atomic mass is 19.1. The average molecular weight is 359 g/mol. The van der Waals surface area contributed by atoms with Crippen molar-refractivity contribution in [1.29, 1.82) is 0 Å². The quantitative estimate of drug-likeness (QED) is 0.899. The van der Waals surface area contributed by atoms with Crippen LogP contribution in [0.4, 0.5) is 8.78 Å². The summed E-state index contributed by atoms with van der Waals surface area (Å²) in [6.45, 7) is 0.853. The Morgan fingerprint density at radius 1 is 1.00 bits per heavy atom. The van der Waals surface area contributed by atoms with Crippen molar-refractivity contribution < 1.29 is 23.5 Å². The van der Waals surface area contributed by atoms with E-state index < -0.39 is 11.8 Å². The van der Waals surface area contributed by atoms with Gasteiger partial charge < -0.3 is 10.0 Å². The molecule has 2 aromatic rings. The van der Waals surface area contributed by atoms with Crippen molar-refractivity contribution in [3.05, 3.63) is 59.7 Å². The molecule has 0 radical (unpaired) electrons. The highest BCUT2D eigenvalue weighted by Gasteiger charge is 2.26. The molecule has 2 aromatic carbocycles. The topological polar surface area (TPSA) is 57.6 Å². The van der Waals surface area contributed by atoms with E-state index in [1.807, 2.05) is 0 Å². The van der Waals surface area contributed by atoms with Gasteiger partial charge in [0.1, 0.15) is 11.6 Å². The molecule has 4 nitrogen and oxygen atoms in total. The molecule has 1 fully saturated rings. The minimum atomic E-state index is -0.836. The SMILES string of the molecule is O=C(O)CC1CCN(C(=O)c2ccc(-c3ccc(F)cc3)cc2F)CC1. The third kappa shape index (κ3) is 4.07. The third-order valence-corrected chi connectivity index (χ3v) is 4.74. The van der Waals surface area contributed by atoms with Gasteiger partial charge in [0, 0.05) is 19.5 Å². The van der Waals surface area contributed by atoms with Gasteiger partial charge >= 0.3 is 5.97 Å². The second-order valence-electron chi connectivity index (χ2n) is 6.53. The summed E-state index contributed by atoms with van der Waals surface area (Å²) in [6, 6.07) is 10.1. The predicted molar refractivity (Wildman–Crippen MR) is 92.7 cm³/mol. The fourth-order valence-electron chi connectivity index (χ4n) is 3.27. The van der Waals surface area contributed by atoms with Gasteiger partial charge in [0.15, 0.2) is 0 Å². The van der Waals surface area contributed by atoms with E-state index in [1.54, 1.807) is 23.1 Å². The molecule has 6 heteroatoms. The zero-order chi connectivity index (χ0) is 18.7. The maximum absolute atomic E-state index is 14.5. The van der Waals surface area contributed by atoms with Gasteiger partial charge in [-0.25, -0.2) is 8.78 Å². The number of rotatable bonds is 4. The van der Waals surface area contributed by atoms with E-state index in [2.05, 4.69) is 0 Å². The number of hydrogen-bond acceptors (Lipinski definition) is 2. The van der Waals surface area contributed by atoms with Crippen molar-refractivity contribution in [2.45, 2.75) is 19.3 Å². The molecule has 0 unspecified atom stereocenters. The van der Waals surface area contributed by atoms with Gasteiger partial charge in [-0.05, 0) is 54.2 Å². The first-order valence-electron chi connectivity index (χ1n) is 8.50. The van der Waals surface area contributed by atoms with Gasteiger partial charge in [-0.1, -0.05) is 18.2 Å². The number of carboxylic acids is 1. The van der Waals surface area contributed by atoms with Crippen molar-refractivity contribution >= 4 is 11.9 Å². The van der Waals surface area contributed by atoms with Crippen LogP contribution in [-0.2, 0) is 4.79 Å². The Labute approximate surface area is 150 Å². The van der Waals surface area contributed by atoms with E-state index in [0.29, 0.717) is 37.1 Å². The summed E-state index contributed by atoms with van der Waals surface area (Å²) < 4.78 is 27.5. The van der Waals surface area contributed by atoms with Crippen molar-refractivity contribution in [3.63, 3.8) is 0 Å². The Bertz CT molecular complexity index is 812. The van der Waals surface area contributed by atoms with Gasteiger partial charge in [0.2, 0.25) is 0 Å². The van der Waals surface area contributed by atoms with Gasteiger partial charge in [0.05, 0.1) is 5.56 Å². The number of benzene rings is 2. The number of carboxylic acid groups (broad SMARTS) is 1. The number of halogens is 2. The molecular formula is C20H19F2NO3. The number of likely N-dealkylation sites (tertiary alicyclic amines) is 1. The van der Waals surface area contributed by atoms with E-state index in [-0.39, 0.29) is 29.6 Å². The molecule has 0 spiro atoms. The largest absolute Gasteiger partial charge is 0.481 e. The number of nitrogens with zero attached hydrogens (tertiary/aromatic N) is 1. The summed E-state index contributed by atoms with van der Waals surface area (Å²) in [5.41, 5.74) is 1.23. The molecule has 1 amide bonds. The molecule has 0 atom stereocenters. The van der Waals surface area contributed by atoms with Gasteiger partial charge in [-0.15, -0.1) is 0 Å². The lowest BCUT2D eigenvalue weighted by atomic mass is 9.93. The second-order valence-corrected chi connectivity index (χ2v) is 6.53. The summed E-state index contributed by atoms with van der Waals surface area (Å²) in [5, 5.41) is 8.84. The average Bonchev–Trinajstić information content (AvgIpc) is 2.62. The van der Waals surface area contributed by atoms with Crippen LogP contribution in [-0.4, -0.2) is 35.0 Å². The monoisotopic (exact) mass is 359 g/mol. The van der Waals surface area contributed by atoms with Gasteiger partial charge in [-0.2, -0.15) is 0 Å². The molecule has 136 valence electrons. The van der Waals surface area contributed by atoms with Gasteiger partial charge in [0.25, 0.3) is 5.91 Å². The van der Waals surface area contributed by atoms with Crippen LogP contribution in [0.15, 0.2) is 42.5 Å². The fourth-order valence-corrected chi connectivity index (χ4v) is 3.27. The Morgan fingerprint density at radius 3 is 2.19 bits per heavy atom. The molecule has 0 saturated carbocycles. The van der Waals surface area contributed by atoms with Gasteiger partial charge in [-0.3, -0.25) is 9.59 Å². The minimum Gasteiger partial charge on any atom is -0.481 e. The molecular weight excluding hydrogens is 340 g/mol. The lowest BCUT2D eigenvalue weighted by molar-refractivity contribution is -0.138. The minimum absolute atomic E-state index is 0.00690. The standard InChI is InChI=1S/C20H19F2NO3/c21-16-4-1-14(2-5-16)15-3-6-17(18(22)12-15)20(26)23-9-7-13(8-10-23)11-19(24)25/h1-6,12-13H,7-11H2,(H,24,25). The van der Waals surface area contributed by atoms with Crippen LogP contribution in [0.1, 0.15) is 29.6 Å². The predicted octanol–water partition coefficient (Wildman–Crippen LogP) is 3.96. The first kappa shape index (κ1) is 18.0. The molecule has 0 aliphatic carbocycles. The first-order valence-corrected chi connectivity index (χ1v) is 8.50. The lowest BCUT2D eigenvalue weighted by Gasteiger charge is -2.31. The Hall–Kier alpha value is -2.76. The fraction of sp³-hybridized carbons (Fsp3) is 0.300. The number of hydrogen-bond donors (Lipinski definition) is 1. The Kier molecular flexibility index (Phi) is 5.30. The summed E-state index contributed by atoms with van der Waals surface area (Å²) in [4.78, 5) is 24.9.